The monoisotopic (exact) mass is 338 g/mol. The van der Waals surface area contributed by atoms with E-state index in [4.69, 9.17) is 0 Å². The summed E-state index contributed by atoms with van der Waals surface area (Å²) in [5.41, 5.74) is 1.91. The summed E-state index contributed by atoms with van der Waals surface area (Å²) in [6, 6.07) is 16.7. The topological polar surface area (TPSA) is 80.4 Å². The van der Waals surface area contributed by atoms with Crippen LogP contribution < -0.4 is 0 Å². The van der Waals surface area contributed by atoms with Crippen LogP contribution in [0.4, 0.5) is 0 Å². The Labute approximate surface area is 142 Å². The maximum Gasteiger partial charge on any atom is 0.336 e. The molecule has 3 rings (SSSR count). The molecular weight excluding hydrogens is 324 g/mol. The first-order valence-corrected chi connectivity index (χ1v) is 8.16. The van der Waals surface area contributed by atoms with Gasteiger partial charge in [-0.05, 0) is 11.6 Å². The number of aromatic carboxylic acids is 1. The van der Waals surface area contributed by atoms with E-state index in [0.717, 1.165) is 5.75 Å². The van der Waals surface area contributed by atoms with Crippen LogP contribution in [0, 0.1) is 0 Å². The quantitative estimate of drug-likeness (QED) is 0.551. The number of aromatic nitrogens is 3. The standard InChI is InChI=1S/C17H14N4O2S/c22-16(23)15-9-5-4-8-14(15)10-19-21-12-18-20-17(21)24-11-13-6-2-1-3-7-13/h1-10,12H,11H2,(H,22,23)/b19-10-. The molecule has 0 saturated heterocycles. The number of hydrogen-bond acceptors (Lipinski definition) is 5. The molecular formula is C17H14N4O2S. The largest absolute Gasteiger partial charge is 0.478 e. The zero-order chi connectivity index (χ0) is 16.8. The van der Waals surface area contributed by atoms with Gasteiger partial charge in [-0.15, -0.1) is 10.2 Å². The van der Waals surface area contributed by atoms with E-state index in [1.807, 2.05) is 30.3 Å². The van der Waals surface area contributed by atoms with Crippen molar-refractivity contribution in [3.8, 4) is 0 Å². The zero-order valence-electron chi connectivity index (χ0n) is 12.6. The Morgan fingerprint density at radius 3 is 2.71 bits per heavy atom. The SMILES string of the molecule is O=C(O)c1ccccc1/C=N\n1cnnc1SCc1ccccc1. The molecule has 1 N–H and O–H groups in total. The van der Waals surface area contributed by atoms with E-state index in [-0.39, 0.29) is 5.56 Å². The van der Waals surface area contributed by atoms with Gasteiger partial charge in [0.05, 0.1) is 11.8 Å². The number of carbonyl (C=O) groups is 1. The smallest absolute Gasteiger partial charge is 0.336 e. The van der Waals surface area contributed by atoms with Crippen molar-refractivity contribution >= 4 is 23.9 Å². The molecule has 1 heterocycles. The maximum atomic E-state index is 11.2. The van der Waals surface area contributed by atoms with E-state index in [1.165, 1.54) is 34.5 Å². The predicted octanol–water partition coefficient (Wildman–Crippen LogP) is 3.15. The molecule has 120 valence electrons. The molecule has 0 spiro atoms. The molecule has 6 nitrogen and oxygen atoms in total. The summed E-state index contributed by atoms with van der Waals surface area (Å²) in [5, 5.41) is 22.0. The second kappa shape index (κ2) is 7.56. The molecule has 7 heteroatoms. The van der Waals surface area contributed by atoms with Crippen LogP contribution in [0.15, 0.2) is 71.2 Å². The number of nitrogens with zero attached hydrogens (tertiary/aromatic N) is 4. The summed E-state index contributed by atoms with van der Waals surface area (Å²) < 4.78 is 1.53. The van der Waals surface area contributed by atoms with Crippen molar-refractivity contribution < 1.29 is 9.90 Å². The molecule has 0 unspecified atom stereocenters. The van der Waals surface area contributed by atoms with Crippen molar-refractivity contribution in [2.75, 3.05) is 0 Å². The second-order valence-electron chi connectivity index (χ2n) is 4.87. The molecule has 1 aromatic heterocycles. The minimum atomic E-state index is -0.987. The Balaban J connectivity index is 1.75. The molecule has 0 aliphatic rings. The number of hydrogen-bond donors (Lipinski definition) is 1. The molecule has 2 aromatic carbocycles. The first-order chi connectivity index (χ1) is 11.7. The van der Waals surface area contributed by atoms with E-state index >= 15 is 0 Å². The van der Waals surface area contributed by atoms with Crippen LogP contribution in [0.1, 0.15) is 21.5 Å². The van der Waals surface area contributed by atoms with Crippen LogP contribution in [-0.4, -0.2) is 32.2 Å². The molecule has 0 radical (unpaired) electrons. The highest BCUT2D eigenvalue weighted by Crippen LogP contribution is 2.20. The van der Waals surface area contributed by atoms with Crippen molar-refractivity contribution in [1.29, 1.82) is 0 Å². The average molecular weight is 338 g/mol. The van der Waals surface area contributed by atoms with E-state index in [9.17, 15) is 9.90 Å². The zero-order valence-corrected chi connectivity index (χ0v) is 13.4. The van der Waals surface area contributed by atoms with E-state index in [0.29, 0.717) is 10.7 Å². The van der Waals surface area contributed by atoms with Crippen LogP contribution in [-0.2, 0) is 5.75 Å². The van der Waals surface area contributed by atoms with Gasteiger partial charge in [-0.3, -0.25) is 0 Å². The van der Waals surface area contributed by atoms with Crippen LogP contribution in [0.5, 0.6) is 0 Å². The van der Waals surface area contributed by atoms with Gasteiger partial charge in [0.2, 0.25) is 5.16 Å². The van der Waals surface area contributed by atoms with Gasteiger partial charge >= 0.3 is 5.97 Å². The third-order valence-corrected chi connectivity index (χ3v) is 4.23. The lowest BCUT2D eigenvalue weighted by atomic mass is 10.1. The van der Waals surface area contributed by atoms with Gasteiger partial charge in [0.1, 0.15) is 6.33 Å². The highest BCUT2D eigenvalue weighted by atomic mass is 32.2. The van der Waals surface area contributed by atoms with Gasteiger partial charge in [0, 0.05) is 11.3 Å². The van der Waals surface area contributed by atoms with Crippen LogP contribution >= 0.6 is 11.8 Å². The van der Waals surface area contributed by atoms with Crippen molar-refractivity contribution in [1.82, 2.24) is 14.9 Å². The molecule has 0 bridgehead atoms. The lowest BCUT2D eigenvalue weighted by molar-refractivity contribution is 0.0697. The van der Waals surface area contributed by atoms with E-state index in [2.05, 4.69) is 15.3 Å². The molecule has 3 aromatic rings. The second-order valence-corrected chi connectivity index (χ2v) is 5.81. The van der Waals surface area contributed by atoms with Crippen molar-refractivity contribution in [2.45, 2.75) is 10.9 Å². The fraction of sp³-hybridized carbons (Fsp3) is 0.0588. The maximum absolute atomic E-state index is 11.2. The average Bonchev–Trinajstić information content (AvgIpc) is 3.06. The van der Waals surface area contributed by atoms with Gasteiger partial charge < -0.3 is 5.11 Å². The Kier molecular flexibility index (Phi) is 5.02. The van der Waals surface area contributed by atoms with Gasteiger partial charge in [-0.25, -0.2) is 4.79 Å². The Morgan fingerprint density at radius 1 is 1.17 bits per heavy atom. The minimum absolute atomic E-state index is 0.202. The van der Waals surface area contributed by atoms with Gasteiger partial charge in [0.25, 0.3) is 0 Å². The van der Waals surface area contributed by atoms with E-state index < -0.39 is 5.97 Å². The van der Waals surface area contributed by atoms with Crippen LogP contribution in [0.25, 0.3) is 0 Å². The van der Waals surface area contributed by atoms with Gasteiger partial charge in [-0.2, -0.15) is 9.78 Å². The van der Waals surface area contributed by atoms with Crippen LogP contribution in [0.3, 0.4) is 0 Å². The summed E-state index contributed by atoms with van der Waals surface area (Å²) in [5.74, 6) is -0.236. The normalized spacial score (nSPS) is 11.0. The van der Waals surface area contributed by atoms with Gasteiger partial charge in [0.15, 0.2) is 0 Å². The van der Waals surface area contributed by atoms with Crippen molar-refractivity contribution in [2.24, 2.45) is 5.10 Å². The predicted molar refractivity (Wildman–Crippen MR) is 92.4 cm³/mol. The molecule has 0 amide bonds. The minimum Gasteiger partial charge on any atom is -0.478 e. The van der Waals surface area contributed by atoms with E-state index in [1.54, 1.807) is 24.3 Å². The first-order valence-electron chi connectivity index (χ1n) is 7.17. The number of benzene rings is 2. The molecule has 0 aliphatic carbocycles. The lowest BCUT2D eigenvalue weighted by Gasteiger charge is -2.02. The number of thioether (sulfide) groups is 1. The van der Waals surface area contributed by atoms with Crippen molar-refractivity contribution in [3.05, 3.63) is 77.6 Å². The first kappa shape index (κ1) is 15.9. The Hall–Kier alpha value is -2.93. The van der Waals surface area contributed by atoms with Crippen molar-refractivity contribution in [3.63, 3.8) is 0 Å². The molecule has 0 aliphatic heterocycles. The third-order valence-electron chi connectivity index (χ3n) is 3.22. The number of carboxylic acid groups (broad SMARTS) is 1. The summed E-state index contributed by atoms with van der Waals surface area (Å²) in [6.45, 7) is 0. The van der Waals surface area contributed by atoms with Crippen LogP contribution in [0.2, 0.25) is 0 Å². The summed E-state index contributed by atoms with van der Waals surface area (Å²) in [7, 11) is 0. The van der Waals surface area contributed by atoms with Gasteiger partial charge in [-0.1, -0.05) is 60.3 Å². The number of carboxylic acids is 1. The fourth-order valence-corrected chi connectivity index (χ4v) is 2.86. The Bertz CT molecular complexity index is 862. The highest BCUT2D eigenvalue weighted by molar-refractivity contribution is 7.98. The summed E-state index contributed by atoms with van der Waals surface area (Å²) >= 11 is 1.51. The lowest BCUT2D eigenvalue weighted by Crippen LogP contribution is -2.02. The molecule has 0 atom stereocenters. The number of rotatable bonds is 6. The molecule has 0 saturated carbocycles. The molecule has 24 heavy (non-hydrogen) atoms. The fourth-order valence-electron chi connectivity index (χ4n) is 2.04. The Morgan fingerprint density at radius 2 is 1.92 bits per heavy atom. The highest BCUT2D eigenvalue weighted by Gasteiger charge is 2.08. The summed E-state index contributed by atoms with van der Waals surface area (Å²) in [4.78, 5) is 11.2. The molecule has 0 fully saturated rings. The summed E-state index contributed by atoms with van der Waals surface area (Å²) in [6.07, 6.45) is 2.99. The third kappa shape index (κ3) is 3.88.